The van der Waals surface area contributed by atoms with Gasteiger partial charge in [0.1, 0.15) is 0 Å². The minimum absolute atomic E-state index is 0.141. The van der Waals surface area contributed by atoms with Crippen LogP contribution in [0.25, 0.3) is 0 Å². The number of benzene rings is 2. The van der Waals surface area contributed by atoms with Gasteiger partial charge in [-0.25, -0.2) is 0 Å². The summed E-state index contributed by atoms with van der Waals surface area (Å²) in [5.41, 5.74) is 4.59. The Labute approximate surface area is 136 Å². The van der Waals surface area contributed by atoms with E-state index >= 15 is 0 Å². The fourth-order valence-corrected chi connectivity index (χ4v) is 2.41. The van der Waals surface area contributed by atoms with Crippen molar-refractivity contribution in [2.24, 2.45) is 0 Å². The van der Waals surface area contributed by atoms with Crippen LogP contribution in [-0.4, -0.2) is 10.9 Å². The van der Waals surface area contributed by atoms with Crippen molar-refractivity contribution < 1.29 is 4.79 Å². The molecule has 0 atom stereocenters. The van der Waals surface area contributed by atoms with Gasteiger partial charge in [0, 0.05) is 17.6 Å². The fraction of sp³-hybridized carbons (Fsp3) is 0.100. The van der Waals surface area contributed by atoms with Gasteiger partial charge < -0.3 is 5.32 Å². The van der Waals surface area contributed by atoms with Crippen LogP contribution in [-0.2, 0) is 6.42 Å². The van der Waals surface area contributed by atoms with Crippen molar-refractivity contribution in [3.63, 3.8) is 0 Å². The van der Waals surface area contributed by atoms with Gasteiger partial charge in [0.25, 0.3) is 5.91 Å². The largest absolute Gasteiger partial charge is 0.322 e. The molecule has 3 rings (SSSR count). The van der Waals surface area contributed by atoms with E-state index in [1.54, 1.807) is 12.3 Å². The van der Waals surface area contributed by atoms with Crippen molar-refractivity contribution in [1.82, 2.24) is 4.98 Å². The van der Waals surface area contributed by atoms with Crippen molar-refractivity contribution in [3.8, 4) is 0 Å². The number of aryl methyl sites for hydroxylation is 1. The normalized spacial score (nSPS) is 10.3. The maximum atomic E-state index is 12.4. The highest BCUT2D eigenvalue weighted by atomic mass is 16.1. The molecule has 2 aromatic carbocycles. The molecule has 1 heterocycles. The second-order valence-electron chi connectivity index (χ2n) is 5.46. The number of hydrogen-bond donors (Lipinski definition) is 1. The molecule has 0 saturated heterocycles. The second-order valence-corrected chi connectivity index (χ2v) is 5.46. The molecule has 0 bridgehead atoms. The molecule has 1 N–H and O–H groups in total. The summed E-state index contributed by atoms with van der Waals surface area (Å²) in [5, 5.41) is 2.99. The molecule has 3 nitrogen and oxygen atoms in total. The lowest BCUT2D eigenvalue weighted by Gasteiger charge is -2.11. The first-order chi connectivity index (χ1) is 11.2. The maximum Gasteiger partial charge on any atom is 0.257 e. The van der Waals surface area contributed by atoms with E-state index in [1.165, 1.54) is 5.56 Å². The van der Waals surface area contributed by atoms with Crippen LogP contribution in [0.2, 0.25) is 0 Å². The summed E-state index contributed by atoms with van der Waals surface area (Å²) in [6.07, 6.45) is 2.38. The summed E-state index contributed by atoms with van der Waals surface area (Å²) in [6, 6.07) is 21.7. The number of pyridine rings is 1. The van der Waals surface area contributed by atoms with Gasteiger partial charge in [-0.3, -0.25) is 9.78 Å². The first-order valence-corrected chi connectivity index (χ1v) is 7.58. The molecule has 0 spiro atoms. The van der Waals surface area contributed by atoms with Crippen molar-refractivity contribution in [3.05, 3.63) is 95.3 Å². The molecule has 0 aliphatic rings. The average molecular weight is 302 g/mol. The van der Waals surface area contributed by atoms with Crippen molar-refractivity contribution in [1.29, 1.82) is 0 Å². The molecule has 0 aliphatic heterocycles. The molecule has 0 fully saturated rings. The predicted molar refractivity (Wildman–Crippen MR) is 92.6 cm³/mol. The number of hydrogen-bond acceptors (Lipinski definition) is 2. The zero-order chi connectivity index (χ0) is 16.1. The van der Waals surface area contributed by atoms with E-state index in [9.17, 15) is 4.79 Å². The average Bonchev–Trinajstić information content (AvgIpc) is 2.58. The Kier molecular flexibility index (Phi) is 4.48. The summed E-state index contributed by atoms with van der Waals surface area (Å²) in [7, 11) is 0. The third-order valence-corrected chi connectivity index (χ3v) is 3.68. The van der Waals surface area contributed by atoms with Crippen molar-refractivity contribution in [2.75, 3.05) is 5.32 Å². The highest BCUT2D eigenvalue weighted by molar-refractivity contribution is 6.04. The number of anilines is 1. The third-order valence-electron chi connectivity index (χ3n) is 3.68. The molecule has 1 aromatic heterocycles. The van der Waals surface area contributed by atoms with Gasteiger partial charge >= 0.3 is 0 Å². The first kappa shape index (κ1) is 15.0. The van der Waals surface area contributed by atoms with Gasteiger partial charge in [-0.15, -0.1) is 0 Å². The molecule has 0 unspecified atom stereocenters. The Morgan fingerprint density at radius 3 is 2.43 bits per heavy atom. The highest BCUT2D eigenvalue weighted by Gasteiger charge is 2.09. The van der Waals surface area contributed by atoms with Crippen LogP contribution >= 0.6 is 0 Å². The number of rotatable bonds is 4. The van der Waals surface area contributed by atoms with Crippen LogP contribution in [0.15, 0.2) is 72.9 Å². The smallest absolute Gasteiger partial charge is 0.257 e. The van der Waals surface area contributed by atoms with Gasteiger partial charge in [0.2, 0.25) is 0 Å². The number of aromatic nitrogens is 1. The van der Waals surface area contributed by atoms with Gasteiger partial charge in [0.05, 0.1) is 5.56 Å². The Morgan fingerprint density at radius 2 is 1.70 bits per heavy atom. The summed E-state index contributed by atoms with van der Waals surface area (Å²) in [4.78, 5) is 16.6. The highest BCUT2D eigenvalue weighted by Crippen LogP contribution is 2.20. The Morgan fingerprint density at radius 1 is 0.957 bits per heavy atom. The van der Waals surface area contributed by atoms with E-state index in [2.05, 4.69) is 22.4 Å². The number of nitrogens with zero attached hydrogens (tertiary/aromatic N) is 1. The SMILES string of the molecule is Cc1ccc(C(=O)Nc2ccccc2Cc2ccccc2)cn1. The van der Waals surface area contributed by atoms with Crippen molar-refractivity contribution in [2.45, 2.75) is 13.3 Å². The molecular formula is C20H18N2O. The fourth-order valence-electron chi connectivity index (χ4n) is 2.41. The van der Waals surface area contributed by atoms with Crippen LogP contribution < -0.4 is 5.32 Å². The standard InChI is InChI=1S/C20H18N2O/c1-15-11-12-18(14-21-15)20(23)22-19-10-6-5-9-17(19)13-16-7-3-2-4-8-16/h2-12,14H,13H2,1H3,(H,22,23). The Bertz CT molecular complexity index is 795. The lowest BCUT2D eigenvalue weighted by atomic mass is 10.0. The van der Waals surface area contributed by atoms with E-state index in [1.807, 2.05) is 55.5 Å². The molecule has 1 amide bonds. The molecule has 23 heavy (non-hydrogen) atoms. The summed E-state index contributed by atoms with van der Waals surface area (Å²) >= 11 is 0. The third kappa shape index (κ3) is 3.83. The number of carbonyl (C=O) groups is 1. The van der Waals surface area contributed by atoms with E-state index in [-0.39, 0.29) is 5.91 Å². The van der Waals surface area contributed by atoms with Gasteiger partial charge in [-0.05, 0) is 42.7 Å². The number of carbonyl (C=O) groups excluding carboxylic acids is 1. The molecule has 0 saturated carbocycles. The van der Waals surface area contributed by atoms with Crippen LogP contribution in [0.3, 0.4) is 0 Å². The zero-order valence-corrected chi connectivity index (χ0v) is 13.0. The van der Waals surface area contributed by atoms with E-state index < -0.39 is 0 Å². The van der Waals surface area contributed by atoms with Gasteiger partial charge in [-0.2, -0.15) is 0 Å². The maximum absolute atomic E-state index is 12.4. The zero-order valence-electron chi connectivity index (χ0n) is 13.0. The molecule has 0 aliphatic carbocycles. The van der Waals surface area contributed by atoms with Crippen molar-refractivity contribution >= 4 is 11.6 Å². The Hall–Kier alpha value is -2.94. The first-order valence-electron chi connectivity index (χ1n) is 7.58. The molecule has 0 radical (unpaired) electrons. The minimum atomic E-state index is -0.141. The Balaban J connectivity index is 1.80. The molecule has 114 valence electrons. The molecule has 3 aromatic rings. The van der Waals surface area contributed by atoms with Gasteiger partial charge in [-0.1, -0.05) is 48.5 Å². The topological polar surface area (TPSA) is 42.0 Å². The quantitative estimate of drug-likeness (QED) is 0.783. The van der Waals surface area contributed by atoms with E-state index in [4.69, 9.17) is 0 Å². The lowest BCUT2D eigenvalue weighted by Crippen LogP contribution is -2.13. The lowest BCUT2D eigenvalue weighted by molar-refractivity contribution is 0.102. The van der Waals surface area contributed by atoms with Gasteiger partial charge in [0.15, 0.2) is 0 Å². The van der Waals surface area contributed by atoms with Crippen LogP contribution in [0.1, 0.15) is 27.2 Å². The van der Waals surface area contributed by atoms with Crippen LogP contribution in [0, 0.1) is 6.92 Å². The van der Waals surface area contributed by atoms with Crippen LogP contribution in [0.5, 0.6) is 0 Å². The van der Waals surface area contributed by atoms with Crippen LogP contribution in [0.4, 0.5) is 5.69 Å². The molecule has 3 heteroatoms. The predicted octanol–water partition coefficient (Wildman–Crippen LogP) is 4.23. The second kappa shape index (κ2) is 6.88. The number of para-hydroxylation sites is 1. The summed E-state index contributed by atoms with van der Waals surface area (Å²) < 4.78 is 0. The minimum Gasteiger partial charge on any atom is -0.322 e. The summed E-state index contributed by atoms with van der Waals surface area (Å²) in [5.74, 6) is -0.141. The van der Waals surface area contributed by atoms with E-state index in [0.29, 0.717) is 5.56 Å². The number of nitrogens with one attached hydrogen (secondary N) is 1. The number of amides is 1. The van der Waals surface area contributed by atoms with E-state index in [0.717, 1.165) is 23.4 Å². The summed E-state index contributed by atoms with van der Waals surface area (Å²) in [6.45, 7) is 1.90. The monoisotopic (exact) mass is 302 g/mol. The molecular weight excluding hydrogens is 284 g/mol.